The first-order valence-electron chi connectivity index (χ1n) is 9.64. The van der Waals surface area contributed by atoms with E-state index in [1.807, 2.05) is 0 Å². The fourth-order valence-electron chi connectivity index (χ4n) is 5.64. The van der Waals surface area contributed by atoms with Crippen LogP contribution in [0.3, 0.4) is 0 Å². The Morgan fingerprint density at radius 1 is 1.27 bits per heavy atom. The van der Waals surface area contributed by atoms with Gasteiger partial charge in [0.05, 0.1) is 6.33 Å². The molecule has 3 heterocycles. The molecule has 4 rings (SSSR count). The van der Waals surface area contributed by atoms with Crippen LogP contribution in [0.15, 0.2) is 17.6 Å². The first kappa shape index (κ1) is 18.0. The molecule has 3 aliphatic rings. The van der Waals surface area contributed by atoms with Gasteiger partial charge in [0, 0.05) is 37.8 Å². The van der Waals surface area contributed by atoms with Gasteiger partial charge in [-0.3, -0.25) is 4.79 Å². The van der Waals surface area contributed by atoms with Crippen LogP contribution >= 0.6 is 0 Å². The van der Waals surface area contributed by atoms with Gasteiger partial charge in [0.25, 0.3) is 10.0 Å². The van der Waals surface area contributed by atoms with Crippen LogP contribution in [0.1, 0.15) is 51.9 Å². The highest BCUT2D eigenvalue weighted by molar-refractivity contribution is 7.89. The van der Waals surface area contributed by atoms with Crippen LogP contribution in [0.2, 0.25) is 0 Å². The van der Waals surface area contributed by atoms with Crippen molar-refractivity contribution in [3.8, 4) is 0 Å². The summed E-state index contributed by atoms with van der Waals surface area (Å²) in [7, 11) is -1.86. The van der Waals surface area contributed by atoms with Crippen molar-refractivity contribution in [3.05, 3.63) is 12.5 Å². The van der Waals surface area contributed by atoms with E-state index in [4.69, 9.17) is 0 Å². The molecular weight excluding hydrogens is 352 g/mol. The molecule has 7 nitrogen and oxygen atoms in total. The summed E-state index contributed by atoms with van der Waals surface area (Å²) in [6.07, 6.45) is 9.37. The zero-order chi connectivity index (χ0) is 18.5. The average molecular weight is 381 g/mol. The van der Waals surface area contributed by atoms with Crippen molar-refractivity contribution in [2.24, 2.45) is 18.9 Å². The highest BCUT2D eigenvalue weighted by Crippen LogP contribution is 2.51. The van der Waals surface area contributed by atoms with E-state index < -0.39 is 10.0 Å². The van der Waals surface area contributed by atoms with Crippen LogP contribution in [0.25, 0.3) is 0 Å². The van der Waals surface area contributed by atoms with Gasteiger partial charge < -0.3 is 9.47 Å². The van der Waals surface area contributed by atoms with Gasteiger partial charge in [-0.15, -0.1) is 0 Å². The van der Waals surface area contributed by atoms with Crippen molar-refractivity contribution in [1.82, 2.24) is 19.2 Å². The number of aromatic nitrogens is 2. The lowest BCUT2D eigenvalue weighted by Gasteiger charge is -2.51. The zero-order valence-corrected chi connectivity index (χ0v) is 16.3. The molecule has 1 aliphatic carbocycles. The minimum Gasteiger partial charge on any atom is -0.339 e. The Kier molecular flexibility index (Phi) is 4.38. The van der Waals surface area contributed by atoms with Crippen LogP contribution < -0.4 is 4.72 Å². The molecule has 1 amide bonds. The first-order chi connectivity index (χ1) is 12.3. The van der Waals surface area contributed by atoms with Gasteiger partial charge in [-0.05, 0) is 50.4 Å². The van der Waals surface area contributed by atoms with Gasteiger partial charge in [0.2, 0.25) is 5.91 Å². The molecule has 0 bridgehead atoms. The third-order valence-electron chi connectivity index (χ3n) is 6.85. The Bertz CT molecular complexity index is 805. The highest BCUT2D eigenvalue weighted by atomic mass is 32.2. The number of hydrogen-bond donors (Lipinski definition) is 1. The number of carbonyl (C=O) groups is 1. The minimum absolute atomic E-state index is 0.0417. The van der Waals surface area contributed by atoms with Crippen molar-refractivity contribution in [3.63, 3.8) is 0 Å². The van der Waals surface area contributed by atoms with Gasteiger partial charge in [-0.2, -0.15) is 0 Å². The van der Waals surface area contributed by atoms with Crippen molar-refractivity contribution >= 4 is 15.9 Å². The Morgan fingerprint density at radius 2 is 2.08 bits per heavy atom. The number of carbonyl (C=O) groups excluding carboxylic acids is 1. The van der Waals surface area contributed by atoms with E-state index in [1.54, 1.807) is 11.6 Å². The van der Waals surface area contributed by atoms with E-state index in [1.165, 1.54) is 12.5 Å². The smallest absolute Gasteiger partial charge is 0.259 e. The number of nitrogens with zero attached hydrogens (tertiary/aromatic N) is 3. The molecule has 1 N–H and O–H groups in total. The molecule has 8 heteroatoms. The summed E-state index contributed by atoms with van der Waals surface area (Å²) in [6, 6.07) is -0.103. The maximum atomic E-state index is 12.7. The van der Waals surface area contributed by atoms with Gasteiger partial charge >= 0.3 is 0 Å². The molecule has 3 fully saturated rings. The number of sulfonamides is 1. The number of hydrogen-bond acceptors (Lipinski definition) is 4. The summed E-state index contributed by atoms with van der Waals surface area (Å²) in [5.41, 5.74) is -0.0417. The standard InChI is InChI=1S/C18H28N4O3S/c1-13-14-5-3-6-17(23)22-10-4-8-18(14,22)9-7-15(13)20-26(24,25)16-11-21(2)12-19-16/h11-15,20H,3-10H2,1-2H3/t13-,14+,15+,18-/m1/s1. The number of aryl methyl sites for hydroxylation is 1. The van der Waals surface area contributed by atoms with Crippen LogP contribution in [0, 0.1) is 11.8 Å². The molecular formula is C18H28N4O3S. The second-order valence-electron chi connectivity index (χ2n) is 8.25. The molecule has 1 saturated carbocycles. The Morgan fingerprint density at radius 3 is 2.81 bits per heavy atom. The van der Waals surface area contributed by atoms with Gasteiger partial charge in [0.15, 0.2) is 5.03 Å². The zero-order valence-electron chi connectivity index (χ0n) is 15.5. The summed E-state index contributed by atoms with van der Waals surface area (Å²) >= 11 is 0. The molecule has 0 radical (unpaired) electrons. The fourth-order valence-corrected chi connectivity index (χ4v) is 6.98. The SMILES string of the molecule is C[C@H]1[C@@H](NS(=O)(=O)c2cn(C)cn2)CC[C@@]23CCCN2C(=O)CCC[C@@H]13. The second-order valence-corrected chi connectivity index (χ2v) is 9.92. The van der Waals surface area contributed by atoms with E-state index >= 15 is 0 Å². The van der Waals surface area contributed by atoms with E-state index in [9.17, 15) is 13.2 Å². The molecule has 2 saturated heterocycles. The fraction of sp³-hybridized carbons (Fsp3) is 0.778. The topological polar surface area (TPSA) is 84.3 Å². The minimum atomic E-state index is -3.62. The molecule has 26 heavy (non-hydrogen) atoms. The molecule has 144 valence electrons. The second kappa shape index (κ2) is 6.34. The molecule has 1 spiro atoms. The van der Waals surface area contributed by atoms with Crippen molar-refractivity contribution in [2.75, 3.05) is 6.54 Å². The number of imidazole rings is 1. The first-order valence-corrected chi connectivity index (χ1v) is 11.1. The van der Waals surface area contributed by atoms with Crippen LogP contribution in [0.4, 0.5) is 0 Å². The number of nitrogens with one attached hydrogen (secondary N) is 1. The van der Waals surface area contributed by atoms with E-state index in [2.05, 4.69) is 21.5 Å². The van der Waals surface area contributed by atoms with E-state index in [0.717, 1.165) is 45.1 Å². The van der Waals surface area contributed by atoms with E-state index in [-0.39, 0.29) is 22.5 Å². The summed E-state index contributed by atoms with van der Waals surface area (Å²) in [5, 5.41) is 0.0750. The Balaban J connectivity index is 1.58. The molecule has 2 aliphatic heterocycles. The maximum Gasteiger partial charge on any atom is 0.259 e. The van der Waals surface area contributed by atoms with Crippen LogP contribution in [-0.4, -0.2) is 46.9 Å². The summed E-state index contributed by atoms with van der Waals surface area (Å²) in [5.74, 6) is 0.861. The predicted octanol–water partition coefficient (Wildman–Crippen LogP) is 1.66. The lowest BCUT2D eigenvalue weighted by molar-refractivity contribution is -0.138. The van der Waals surface area contributed by atoms with Crippen LogP contribution in [0.5, 0.6) is 0 Å². The van der Waals surface area contributed by atoms with Gasteiger partial charge in [0.1, 0.15) is 0 Å². The molecule has 0 unspecified atom stereocenters. The molecule has 1 aromatic heterocycles. The summed E-state index contributed by atoms with van der Waals surface area (Å²) in [4.78, 5) is 18.7. The molecule has 0 aromatic carbocycles. The van der Waals surface area contributed by atoms with Crippen LogP contribution in [-0.2, 0) is 21.9 Å². The predicted molar refractivity (Wildman–Crippen MR) is 96.7 cm³/mol. The van der Waals surface area contributed by atoms with Crippen molar-refractivity contribution in [1.29, 1.82) is 0 Å². The molecule has 1 aromatic rings. The maximum absolute atomic E-state index is 12.7. The van der Waals surface area contributed by atoms with Crippen molar-refractivity contribution < 1.29 is 13.2 Å². The van der Waals surface area contributed by atoms with Crippen molar-refractivity contribution in [2.45, 2.75) is 68.5 Å². The largest absolute Gasteiger partial charge is 0.339 e. The Hall–Kier alpha value is -1.41. The summed E-state index contributed by atoms with van der Waals surface area (Å²) < 4.78 is 30.0. The average Bonchev–Trinajstić information content (AvgIpc) is 3.18. The number of rotatable bonds is 3. The Labute approximate surface area is 155 Å². The third-order valence-corrected chi connectivity index (χ3v) is 8.22. The normalized spacial score (nSPS) is 35.1. The monoisotopic (exact) mass is 380 g/mol. The lowest BCUT2D eigenvalue weighted by Crippen LogP contribution is -2.59. The number of amides is 1. The van der Waals surface area contributed by atoms with E-state index in [0.29, 0.717) is 18.2 Å². The summed E-state index contributed by atoms with van der Waals surface area (Å²) in [6.45, 7) is 3.02. The van der Waals surface area contributed by atoms with Gasteiger partial charge in [-0.1, -0.05) is 6.92 Å². The quantitative estimate of drug-likeness (QED) is 0.864. The van der Waals surface area contributed by atoms with Gasteiger partial charge in [-0.25, -0.2) is 18.1 Å². The highest BCUT2D eigenvalue weighted by Gasteiger charge is 2.55. The molecule has 4 atom stereocenters. The third kappa shape index (κ3) is 2.78. The lowest BCUT2D eigenvalue weighted by atomic mass is 9.63.